The number of fused-ring (bicyclic) bond motifs is 19. The van der Waals surface area contributed by atoms with Gasteiger partial charge < -0.3 is 0 Å². The van der Waals surface area contributed by atoms with E-state index < -0.39 is 10.8 Å². The lowest BCUT2D eigenvalue weighted by Crippen LogP contribution is -2.43. The largest absolute Gasteiger partial charge is 0.292 e. The van der Waals surface area contributed by atoms with Crippen molar-refractivity contribution in [1.82, 2.24) is 9.55 Å². The third kappa shape index (κ3) is 10.5. The molecule has 117 heavy (non-hydrogen) atoms. The van der Waals surface area contributed by atoms with E-state index in [1.807, 2.05) is 45.3 Å². The fourth-order valence-corrected chi connectivity index (χ4v) is 24.0. The Labute approximate surface area is 694 Å². The quantitative estimate of drug-likeness (QED) is 0.112. The SMILES string of the molecule is c1ccc(-c2ccc(-c3ccc(-c4ccc(-c5c6ccc(-c7ccc(-c8nc9ccccc9n8-c8ccccc8)cc7)cc6c(-c6ccc(-c7ccc(-c8ccc(-c9ccccc9)s8)s7)cc6)c6cc(-c7ccc8c(c7)C7(c9ccccc9-c9ccccc97)c7ccccc7C87c8ccccc8-c8ccccc87)ccc56)cc4)s3)s2)cc1. The molecular weight excluding hydrogens is 1490 g/mol. The topological polar surface area (TPSA) is 17.8 Å². The molecule has 6 heteroatoms. The molecular formula is C111H68N2S4. The van der Waals surface area contributed by atoms with Crippen LogP contribution in [0, 0.1) is 0 Å². The summed E-state index contributed by atoms with van der Waals surface area (Å²) in [5.41, 5.74) is 32.8. The zero-order chi connectivity index (χ0) is 76.9. The maximum absolute atomic E-state index is 5.31. The summed E-state index contributed by atoms with van der Waals surface area (Å²) >= 11 is 7.44. The number of thiophene rings is 4. The van der Waals surface area contributed by atoms with Gasteiger partial charge in [-0.15, -0.1) is 45.3 Å². The third-order valence-electron chi connectivity index (χ3n) is 24.9. The monoisotopic (exact) mass is 1560 g/mol. The van der Waals surface area contributed by atoms with Gasteiger partial charge in [0.25, 0.3) is 0 Å². The first kappa shape index (κ1) is 67.8. The van der Waals surface area contributed by atoms with Crippen molar-refractivity contribution in [2.24, 2.45) is 0 Å². The van der Waals surface area contributed by atoms with Crippen LogP contribution < -0.4 is 0 Å². The van der Waals surface area contributed by atoms with Gasteiger partial charge in [-0.1, -0.05) is 322 Å². The highest BCUT2D eigenvalue weighted by atomic mass is 32.1. The molecule has 546 valence electrons. The van der Waals surface area contributed by atoms with E-state index in [-0.39, 0.29) is 0 Å². The highest BCUT2D eigenvalue weighted by Gasteiger charge is 2.59. The second kappa shape index (κ2) is 27.0. The highest BCUT2D eigenvalue weighted by Crippen LogP contribution is 2.68. The van der Waals surface area contributed by atoms with Crippen LogP contribution in [-0.2, 0) is 10.8 Å². The van der Waals surface area contributed by atoms with Crippen molar-refractivity contribution in [2.75, 3.05) is 0 Å². The summed E-state index contributed by atoms with van der Waals surface area (Å²) in [7, 11) is 0. The van der Waals surface area contributed by atoms with Gasteiger partial charge in [0, 0.05) is 50.3 Å². The number of nitrogens with zero attached hydrogens (tertiary/aromatic N) is 2. The zero-order valence-corrected chi connectivity index (χ0v) is 66.6. The van der Waals surface area contributed by atoms with Gasteiger partial charge in [-0.25, -0.2) is 4.98 Å². The molecule has 3 aliphatic carbocycles. The van der Waals surface area contributed by atoms with Crippen LogP contribution in [0.2, 0.25) is 0 Å². The second-order valence-electron chi connectivity index (χ2n) is 31.0. The first-order valence-electron chi connectivity index (χ1n) is 40.0. The minimum atomic E-state index is -0.656. The van der Waals surface area contributed by atoms with Gasteiger partial charge in [0.1, 0.15) is 5.82 Å². The highest BCUT2D eigenvalue weighted by molar-refractivity contribution is 7.26. The van der Waals surface area contributed by atoms with Crippen molar-refractivity contribution < 1.29 is 0 Å². The molecule has 5 aromatic heterocycles. The van der Waals surface area contributed by atoms with Crippen molar-refractivity contribution in [3.05, 3.63) is 457 Å². The molecule has 0 bridgehead atoms. The van der Waals surface area contributed by atoms with Crippen molar-refractivity contribution >= 4 is 77.9 Å². The number of hydrogen-bond acceptors (Lipinski definition) is 5. The smallest absolute Gasteiger partial charge is 0.145 e. The predicted octanol–water partition coefficient (Wildman–Crippen LogP) is 31.0. The van der Waals surface area contributed by atoms with Crippen LogP contribution in [0.15, 0.2) is 413 Å². The molecule has 0 amide bonds. The Kier molecular flexibility index (Phi) is 15.6. The van der Waals surface area contributed by atoms with Crippen LogP contribution in [0.4, 0.5) is 0 Å². The standard InChI is InChI=1S/C111H68N2S4/c1-4-22-70(23-5-1)99-58-62-103(114-99)105-64-60-101(116-105)72-42-46-74(47-43-72)107-85-55-52-77(69-40-50-76(51-41-69)109-112-97-38-20-21-39-98(97)113(109)80-26-8-3-9-27-80)66-87(85)108(75-48-44-73(45-49-75)102-61-65-106(117-102)104-63-59-100(115-104)71-24-6-2-7-25-71)88-67-78(53-56-86(88)107)79-54-57-95-96(68-79)111(91-34-16-12-30-83(91)84-31-13-17-35-92(84)111)94-37-19-18-36-93(94)110(95)89-32-14-10-28-81(89)82-29-11-15-33-90(82)110/h1-68H. The van der Waals surface area contributed by atoms with Gasteiger partial charge in [0.2, 0.25) is 0 Å². The molecule has 21 aromatic rings. The number of para-hydroxylation sites is 3. The maximum Gasteiger partial charge on any atom is 0.145 e. The molecule has 0 saturated heterocycles. The van der Waals surface area contributed by atoms with E-state index in [2.05, 4.69) is 417 Å². The Hall–Kier alpha value is -13.7. The van der Waals surface area contributed by atoms with Gasteiger partial charge in [-0.2, -0.15) is 0 Å². The van der Waals surface area contributed by atoms with Gasteiger partial charge in [0.15, 0.2) is 0 Å². The zero-order valence-electron chi connectivity index (χ0n) is 63.3. The summed E-state index contributed by atoms with van der Waals surface area (Å²) in [6.07, 6.45) is 0. The molecule has 0 saturated carbocycles. The molecule has 24 rings (SSSR count). The fourth-order valence-electron chi connectivity index (χ4n) is 19.8. The second-order valence-corrected chi connectivity index (χ2v) is 35.3. The van der Waals surface area contributed by atoms with Crippen molar-refractivity contribution in [1.29, 1.82) is 0 Å². The van der Waals surface area contributed by atoms with Crippen LogP contribution in [0.1, 0.15) is 44.5 Å². The minimum Gasteiger partial charge on any atom is -0.292 e. The molecule has 5 heterocycles. The van der Waals surface area contributed by atoms with Crippen molar-refractivity contribution in [3.63, 3.8) is 0 Å². The number of imidazole rings is 1. The van der Waals surface area contributed by atoms with E-state index in [4.69, 9.17) is 4.98 Å². The van der Waals surface area contributed by atoms with Gasteiger partial charge in [0.05, 0.1) is 21.9 Å². The van der Waals surface area contributed by atoms with E-state index in [1.54, 1.807) is 0 Å². The van der Waals surface area contributed by atoms with Crippen LogP contribution in [-0.4, -0.2) is 9.55 Å². The Morgan fingerprint density at radius 1 is 0.197 bits per heavy atom. The molecule has 0 atom stereocenters. The lowest BCUT2D eigenvalue weighted by Gasteiger charge is -2.49. The summed E-state index contributed by atoms with van der Waals surface area (Å²) in [5, 5.41) is 4.74. The summed E-state index contributed by atoms with van der Waals surface area (Å²) in [6, 6.07) is 156. The van der Waals surface area contributed by atoms with E-state index in [0.717, 1.165) is 61.5 Å². The minimum absolute atomic E-state index is 0.610. The van der Waals surface area contributed by atoms with E-state index in [0.29, 0.717) is 0 Å². The summed E-state index contributed by atoms with van der Waals surface area (Å²) < 4.78 is 2.29. The molecule has 2 nitrogen and oxygen atoms in total. The Morgan fingerprint density at radius 3 is 0.966 bits per heavy atom. The van der Waals surface area contributed by atoms with Crippen molar-refractivity contribution in [2.45, 2.75) is 10.8 Å². The van der Waals surface area contributed by atoms with Crippen molar-refractivity contribution in [3.8, 4) is 145 Å². The van der Waals surface area contributed by atoms with Gasteiger partial charge >= 0.3 is 0 Å². The van der Waals surface area contributed by atoms with E-state index >= 15 is 0 Å². The molecule has 0 N–H and O–H groups in total. The van der Waals surface area contributed by atoms with Crippen LogP contribution >= 0.6 is 45.3 Å². The Bertz CT molecular complexity index is 7450. The molecule has 2 spiro atoms. The van der Waals surface area contributed by atoms with Crippen LogP contribution in [0.25, 0.3) is 178 Å². The van der Waals surface area contributed by atoms with E-state index in [1.165, 1.54) is 161 Å². The van der Waals surface area contributed by atoms with E-state index in [9.17, 15) is 0 Å². The first-order chi connectivity index (χ1) is 58.0. The molecule has 0 unspecified atom stereocenters. The number of hydrogen-bond donors (Lipinski definition) is 0. The average Bonchev–Trinajstić information content (AvgIpc) is 1.51. The first-order valence-corrected chi connectivity index (χ1v) is 43.3. The fraction of sp³-hybridized carbons (Fsp3) is 0.0180. The summed E-state index contributed by atoms with van der Waals surface area (Å²) in [5.74, 6) is 0.906. The lowest BCUT2D eigenvalue weighted by atomic mass is 9.52. The Morgan fingerprint density at radius 2 is 0.504 bits per heavy atom. The predicted molar refractivity (Wildman–Crippen MR) is 496 cm³/mol. The molecule has 3 aliphatic rings. The Balaban J connectivity index is 0.724. The molecule has 16 aromatic carbocycles. The van der Waals surface area contributed by atoms with Crippen LogP contribution in [0.5, 0.6) is 0 Å². The van der Waals surface area contributed by atoms with Gasteiger partial charge in [-0.05, 0) is 246 Å². The summed E-state index contributed by atoms with van der Waals surface area (Å²) in [6.45, 7) is 0. The molecule has 0 aliphatic heterocycles. The summed E-state index contributed by atoms with van der Waals surface area (Å²) in [4.78, 5) is 15.4. The molecule has 0 radical (unpaired) electrons. The average molecular weight is 1560 g/mol. The number of rotatable bonds is 12. The van der Waals surface area contributed by atoms with Crippen LogP contribution in [0.3, 0.4) is 0 Å². The molecule has 0 fully saturated rings. The third-order valence-corrected chi connectivity index (χ3v) is 29.8. The maximum atomic E-state index is 5.31. The lowest BCUT2D eigenvalue weighted by molar-refractivity contribution is 0.633. The normalized spacial score (nSPS) is 13.1. The number of benzene rings is 16. The number of aromatic nitrogens is 2. The van der Waals surface area contributed by atoms with Gasteiger partial charge in [-0.3, -0.25) is 4.57 Å².